The number of carbonyl (C=O) groups excluding carboxylic acids is 4. The molecule has 10 heteroatoms. The predicted octanol–water partition coefficient (Wildman–Crippen LogP) is 2.15. The van der Waals surface area contributed by atoms with Gasteiger partial charge in [-0.2, -0.15) is 0 Å². The predicted molar refractivity (Wildman–Crippen MR) is 166 cm³/mol. The molecule has 0 aliphatic carbocycles. The van der Waals surface area contributed by atoms with Crippen molar-refractivity contribution in [3.63, 3.8) is 0 Å². The number of rotatable bonds is 6. The molecule has 10 nitrogen and oxygen atoms in total. The molecule has 3 aromatic carbocycles. The minimum atomic E-state index is -1.32. The molecule has 0 radical (unpaired) electrons. The Morgan fingerprint density at radius 1 is 0.795 bits per heavy atom. The molecule has 44 heavy (non-hydrogen) atoms. The summed E-state index contributed by atoms with van der Waals surface area (Å²) in [6, 6.07) is 20.5. The summed E-state index contributed by atoms with van der Waals surface area (Å²) in [5.41, 5.74) is 1.62. The number of amides is 4. The Morgan fingerprint density at radius 2 is 1.34 bits per heavy atom. The Kier molecular flexibility index (Phi) is 10.4. The van der Waals surface area contributed by atoms with Crippen LogP contribution < -0.4 is 10.6 Å². The van der Waals surface area contributed by atoms with Crippen molar-refractivity contribution in [1.82, 2.24) is 20.4 Å². The van der Waals surface area contributed by atoms with E-state index in [-0.39, 0.29) is 24.2 Å². The first kappa shape index (κ1) is 32.2. The van der Waals surface area contributed by atoms with Crippen LogP contribution in [-0.2, 0) is 27.2 Å². The maximum absolute atomic E-state index is 14.1. The molecule has 1 heterocycles. The number of benzene rings is 3. The van der Waals surface area contributed by atoms with Crippen LogP contribution in [-0.4, -0.2) is 88.0 Å². The van der Waals surface area contributed by atoms with Crippen LogP contribution in [0.1, 0.15) is 35.3 Å². The molecule has 1 aliphatic heterocycles. The minimum absolute atomic E-state index is 0.0330. The number of carbonyl (C=O) groups is 4. The fraction of sp³-hybridized carbons (Fsp3) is 0.353. The van der Waals surface area contributed by atoms with Crippen molar-refractivity contribution >= 4 is 23.6 Å². The number of likely N-dealkylation sites (N-methyl/N-ethyl adjacent to an activating group) is 2. The van der Waals surface area contributed by atoms with Gasteiger partial charge in [0.05, 0.1) is 29.7 Å². The molecule has 1 aliphatic rings. The third-order valence-electron chi connectivity index (χ3n) is 8.47. The summed E-state index contributed by atoms with van der Waals surface area (Å²) in [6.07, 6.45) is -0.897. The van der Waals surface area contributed by atoms with Crippen LogP contribution in [0.15, 0.2) is 84.9 Å². The lowest BCUT2D eigenvalue weighted by molar-refractivity contribution is -0.151. The van der Waals surface area contributed by atoms with Gasteiger partial charge in [0.25, 0.3) is 5.91 Å². The zero-order valence-corrected chi connectivity index (χ0v) is 25.4. The van der Waals surface area contributed by atoms with E-state index < -0.39 is 59.8 Å². The largest absolute Gasteiger partial charge is 0.507 e. The second-order valence-corrected chi connectivity index (χ2v) is 11.4. The smallest absolute Gasteiger partial charge is 0.255 e. The Labute approximate surface area is 257 Å². The Balaban J connectivity index is 1.77. The van der Waals surface area contributed by atoms with Crippen molar-refractivity contribution in [3.05, 3.63) is 102 Å². The Bertz CT molecular complexity index is 1470. The highest BCUT2D eigenvalue weighted by atomic mass is 16.3. The highest BCUT2D eigenvalue weighted by molar-refractivity contribution is 6.00. The van der Waals surface area contributed by atoms with Gasteiger partial charge >= 0.3 is 0 Å². The van der Waals surface area contributed by atoms with E-state index >= 15 is 0 Å². The molecule has 232 valence electrons. The zero-order chi connectivity index (χ0) is 32.0. The second kappa shape index (κ2) is 14.2. The van der Waals surface area contributed by atoms with E-state index in [1.165, 1.54) is 29.0 Å². The SMILES string of the molecule is C[C@@H]1[C@H](NC(=O)c2ccccc2O)C(=O)N[C@@H](Cc2ccccc2)[C@@H](O)[C@@H](C)C(=O)N(C)C(Cc2ccccc2)C(=O)N1C. The number of aliphatic hydroxyl groups is 1. The molecule has 1 saturated heterocycles. The average molecular weight is 601 g/mol. The van der Waals surface area contributed by atoms with Gasteiger partial charge in [-0.3, -0.25) is 19.2 Å². The number of phenolic OH excluding ortho intramolecular Hbond substituents is 1. The highest BCUT2D eigenvalue weighted by Gasteiger charge is 2.42. The van der Waals surface area contributed by atoms with Gasteiger partial charge in [-0.25, -0.2) is 0 Å². The molecular formula is C34H40N4O6. The van der Waals surface area contributed by atoms with Crippen LogP contribution >= 0.6 is 0 Å². The van der Waals surface area contributed by atoms with Gasteiger partial charge in [0.1, 0.15) is 17.8 Å². The van der Waals surface area contributed by atoms with E-state index in [0.29, 0.717) is 0 Å². The summed E-state index contributed by atoms with van der Waals surface area (Å²) in [5.74, 6) is -3.46. The number of aromatic hydroxyl groups is 1. The van der Waals surface area contributed by atoms with Gasteiger partial charge < -0.3 is 30.6 Å². The van der Waals surface area contributed by atoms with E-state index in [0.717, 1.165) is 11.1 Å². The number of phenols is 1. The Morgan fingerprint density at radius 3 is 1.93 bits per heavy atom. The highest BCUT2D eigenvalue weighted by Crippen LogP contribution is 2.22. The molecule has 1 unspecified atom stereocenters. The number of para-hydroxylation sites is 1. The number of aliphatic hydroxyl groups excluding tert-OH is 1. The van der Waals surface area contributed by atoms with Crippen molar-refractivity contribution in [2.45, 2.75) is 57.0 Å². The van der Waals surface area contributed by atoms with Crippen LogP contribution in [0.5, 0.6) is 5.75 Å². The monoisotopic (exact) mass is 600 g/mol. The van der Waals surface area contributed by atoms with Gasteiger partial charge in [-0.1, -0.05) is 79.7 Å². The maximum Gasteiger partial charge on any atom is 0.255 e. The van der Waals surface area contributed by atoms with E-state index in [1.807, 2.05) is 60.7 Å². The van der Waals surface area contributed by atoms with Crippen molar-refractivity contribution in [1.29, 1.82) is 0 Å². The molecule has 0 bridgehead atoms. The van der Waals surface area contributed by atoms with E-state index in [2.05, 4.69) is 10.6 Å². The molecule has 4 rings (SSSR count). The van der Waals surface area contributed by atoms with Gasteiger partial charge in [-0.15, -0.1) is 0 Å². The third kappa shape index (κ3) is 7.26. The van der Waals surface area contributed by atoms with Gasteiger partial charge in [0.2, 0.25) is 17.7 Å². The molecule has 6 atom stereocenters. The summed E-state index contributed by atoms with van der Waals surface area (Å²) in [6.45, 7) is 3.21. The summed E-state index contributed by atoms with van der Waals surface area (Å²) in [7, 11) is 3.07. The molecular weight excluding hydrogens is 560 g/mol. The van der Waals surface area contributed by atoms with Crippen LogP contribution in [0, 0.1) is 5.92 Å². The van der Waals surface area contributed by atoms with Crippen molar-refractivity contribution in [3.8, 4) is 5.75 Å². The maximum atomic E-state index is 14.1. The fourth-order valence-electron chi connectivity index (χ4n) is 5.54. The first-order valence-corrected chi connectivity index (χ1v) is 14.7. The van der Waals surface area contributed by atoms with Crippen molar-refractivity contribution in [2.75, 3.05) is 14.1 Å². The van der Waals surface area contributed by atoms with E-state index in [9.17, 15) is 29.4 Å². The van der Waals surface area contributed by atoms with E-state index in [1.54, 1.807) is 33.0 Å². The summed E-state index contributed by atoms with van der Waals surface area (Å²) in [5, 5.41) is 27.4. The molecule has 0 aromatic heterocycles. The number of hydrogen-bond acceptors (Lipinski definition) is 6. The normalized spacial score (nSPS) is 25.1. The van der Waals surface area contributed by atoms with Crippen LogP contribution in [0.3, 0.4) is 0 Å². The van der Waals surface area contributed by atoms with Crippen molar-refractivity contribution in [2.24, 2.45) is 5.92 Å². The average Bonchev–Trinajstić information content (AvgIpc) is 3.04. The molecule has 4 N–H and O–H groups in total. The van der Waals surface area contributed by atoms with Crippen LogP contribution in [0.25, 0.3) is 0 Å². The molecule has 0 saturated carbocycles. The van der Waals surface area contributed by atoms with E-state index in [4.69, 9.17) is 0 Å². The fourth-order valence-corrected chi connectivity index (χ4v) is 5.54. The lowest BCUT2D eigenvalue weighted by Gasteiger charge is -2.40. The lowest BCUT2D eigenvalue weighted by atomic mass is 9.90. The van der Waals surface area contributed by atoms with Crippen LogP contribution in [0.2, 0.25) is 0 Å². The Hall–Kier alpha value is -4.70. The minimum Gasteiger partial charge on any atom is -0.507 e. The molecule has 3 aromatic rings. The first-order chi connectivity index (χ1) is 21.0. The third-order valence-corrected chi connectivity index (χ3v) is 8.47. The van der Waals surface area contributed by atoms with Crippen LogP contribution in [0.4, 0.5) is 0 Å². The number of nitrogens with one attached hydrogen (secondary N) is 2. The topological polar surface area (TPSA) is 139 Å². The summed E-state index contributed by atoms with van der Waals surface area (Å²) < 4.78 is 0. The van der Waals surface area contributed by atoms with Gasteiger partial charge in [0, 0.05) is 20.5 Å². The second-order valence-electron chi connectivity index (χ2n) is 11.4. The quantitative estimate of drug-likeness (QED) is 0.342. The molecule has 0 spiro atoms. The van der Waals surface area contributed by atoms with Gasteiger partial charge in [-0.05, 0) is 36.6 Å². The number of hydrogen-bond donors (Lipinski definition) is 4. The van der Waals surface area contributed by atoms with Gasteiger partial charge in [0.15, 0.2) is 0 Å². The standard InChI is InChI=1S/C34H40N4O6/c1-21-30(40)26(19-23-13-7-5-8-14-23)35-32(42)29(36-31(41)25-17-11-12-18-28(25)39)22(2)37(3)34(44)27(38(4)33(21)43)20-24-15-9-6-10-16-24/h5-18,21-22,26-27,29-30,39-40H,19-20H2,1-4H3,(H,35,42)(H,36,41)/t21-,22-,26+,27?,29+,30+/m1/s1. The zero-order valence-electron chi connectivity index (χ0n) is 25.4. The molecule has 1 fully saturated rings. The lowest BCUT2D eigenvalue weighted by Crippen LogP contribution is -2.64. The first-order valence-electron chi connectivity index (χ1n) is 14.7. The summed E-state index contributed by atoms with van der Waals surface area (Å²) >= 11 is 0. The number of nitrogens with zero attached hydrogens (tertiary/aromatic N) is 2. The molecule has 4 amide bonds. The summed E-state index contributed by atoms with van der Waals surface area (Å²) in [4.78, 5) is 57.9. The van der Waals surface area contributed by atoms with Crippen molar-refractivity contribution < 1.29 is 29.4 Å².